The number of nitrogens with two attached hydrogens (primary N) is 1. The predicted molar refractivity (Wildman–Crippen MR) is 97.8 cm³/mol. The molecule has 0 aliphatic rings. The highest BCUT2D eigenvalue weighted by molar-refractivity contribution is 6.33. The van der Waals surface area contributed by atoms with Gasteiger partial charge in [0.05, 0.1) is 34.2 Å². The molecule has 0 atom stereocenters. The topological polar surface area (TPSA) is 116 Å². The van der Waals surface area contributed by atoms with E-state index < -0.39 is 5.91 Å². The van der Waals surface area contributed by atoms with E-state index in [9.17, 15) is 9.70 Å². The number of benzene rings is 2. The summed E-state index contributed by atoms with van der Waals surface area (Å²) in [6.07, 6.45) is 1.56. The molecule has 3 aromatic rings. The number of methoxy groups -OCH3 is 1. The summed E-state index contributed by atoms with van der Waals surface area (Å²) in [7, 11) is 1.44. The first-order valence-electron chi connectivity index (χ1n) is 7.36. The summed E-state index contributed by atoms with van der Waals surface area (Å²) in [6, 6.07) is 9.52. The quantitative estimate of drug-likeness (QED) is 0.501. The predicted octanol–water partition coefficient (Wildman–Crippen LogP) is 3.88. The standard InChI is InChI=1S/C17H13ClN4O4/c1-25-16-8-14-10(7-11(16)17(19)23)15(4-5-20-14)26-9-2-3-13(21-22-24)12(18)6-9/h2-8H,1H3,(H2,19,23)(H,21,24). The summed E-state index contributed by atoms with van der Waals surface area (Å²) < 4.78 is 11.0. The fraction of sp³-hybridized carbons (Fsp3) is 0.0588. The highest BCUT2D eigenvalue weighted by atomic mass is 35.5. The number of primary amides is 1. The van der Waals surface area contributed by atoms with Gasteiger partial charge in [-0.15, -0.1) is 4.91 Å². The van der Waals surface area contributed by atoms with E-state index in [-0.39, 0.29) is 10.6 Å². The minimum atomic E-state index is -0.626. The van der Waals surface area contributed by atoms with Gasteiger partial charge in [-0.1, -0.05) is 11.6 Å². The highest BCUT2D eigenvalue weighted by Gasteiger charge is 2.14. The summed E-state index contributed by atoms with van der Waals surface area (Å²) in [5, 5.41) is 3.42. The van der Waals surface area contributed by atoms with Crippen LogP contribution in [0.4, 0.5) is 5.69 Å². The molecule has 9 heteroatoms. The maximum Gasteiger partial charge on any atom is 0.252 e. The Bertz CT molecular complexity index is 1010. The van der Waals surface area contributed by atoms with E-state index in [0.717, 1.165) is 0 Å². The third kappa shape index (κ3) is 3.35. The third-order valence-corrected chi connectivity index (χ3v) is 3.94. The van der Waals surface area contributed by atoms with Crippen molar-refractivity contribution < 1.29 is 14.3 Å². The Morgan fingerprint density at radius 1 is 1.23 bits per heavy atom. The monoisotopic (exact) mass is 372 g/mol. The van der Waals surface area contributed by atoms with Crippen LogP contribution >= 0.6 is 11.6 Å². The van der Waals surface area contributed by atoms with Crippen molar-refractivity contribution in [3.05, 3.63) is 58.1 Å². The molecule has 0 aliphatic carbocycles. The molecule has 0 unspecified atom stereocenters. The second kappa shape index (κ2) is 7.24. The van der Waals surface area contributed by atoms with E-state index in [1.807, 2.05) is 0 Å². The number of pyridine rings is 1. The van der Waals surface area contributed by atoms with Gasteiger partial charge in [0.25, 0.3) is 5.91 Å². The molecule has 0 fully saturated rings. The number of halogens is 1. The number of nitrogens with zero attached hydrogens (tertiary/aromatic N) is 2. The summed E-state index contributed by atoms with van der Waals surface area (Å²) in [6.45, 7) is 0. The number of carbonyl (C=O) groups is 1. The van der Waals surface area contributed by atoms with Crippen LogP contribution in [0.25, 0.3) is 10.9 Å². The van der Waals surface area contributed by atoms with E-state index in [4.69, 9.17) is 26.8 Å². The molecule has 0 saturated carbocycles. The van der Waals surface area contributed by atoms with Crippen molar-refractivity contribution in [2.45, 2.75) is 0 Å². The molecular formula is C17H13ClN4O4. The van der Waals surface area contributed by atoms with Gasteiger partial charge in [0.2, 0.25) is 0 Å². The zero-order valence-corrected chi connectivity index (χ0v) is 14.3. The van der Waals surface area contributed by atoms with Crippen molar-refractivity contribution in [1.82, 2.24) is 4.98 Å². The first-order chi connectivity index (χ1) is 12.5. The van der Waals surface area contributed by atoms with E-state index in [1.54, 1.807) is 36.5 Å². The van der Waals surface area contributed by atoms with Crippen molar-refractivity contribution in [3.63, 3.8) is 0 Å². The van der Waals surface area contributed by atoms with Crippen LogP contribution in [0.3, 0.4) is 0 Å². The van der Waals surface area contributed by atoms with Gasteiger partial charge in [-0.2, -0.15) is 0 Å². The first-order valence-corrected chi connectivity index (χ1v) is 7.73. The van der Waals surface area contributed by atoms with Gasteiger partial charge in [-0.05, 0) is 24.3 Å². The Labute approximate surface area is 152 Å². The lowest BCUT2D eigenvalue weighted by Crippen LogP contribution is -2.12. The van der Waals surface area contributed by atoms with Crippen LogP contribution in [0, 0.1) is 4.91 Å². The maximum absolute atomic E-state index is 11.7. The number of rotatable bonds is 6. The number of nitroso groups, excluding NO2 is 1. The Morgan fingerprint density at radius 3 is 2.69 bits per heavy atom. The van der Waals surface area contributed by atoms with Gasteiger partial charge in [0.1, 0.15) is 17.2 Å². The summed E-state index contributed by atoms with van der Waals surface area (Å²) in [4.78, 5) is 26.2. The number of ether oxygens (including phenoxy) is 2. The Kier molecular flexibility index (Phi) is 4.85. The summed E-state index contributed by atoms with van der Waals surface area (Å²) in [5.41, 5.74) is 8.79. The average molecular weight is 373 g/mol. The molecule has 0 bridgehead atoms. The molecule has 0 radical (unpaired) electrons. The number of anilines is 1. The number of nitrogens with one attached hydrogen (secondary N) is 1. The van der Waals surface area contributed by atoms with Crippen LogP contribution in [0.5, 0.6) is 17.2 Å². The van der Waals surface area contributed by atoms with Crippen LogP contribution in [-0.2, 0) is 0 Å². The lowest BCUT2D eigenvalue weighted by atomic mass is 10.1. The van der Waals surface area contributed by atoms with Gasteiger partial charge in [0.15, 0.2) is 0 Å². The van der Waals surface area contributed by atoms with Gasteiger partial charge in [-0.25, -0.2) is 5.43 Å². The molecule has 1 heterocycles. The van der Waals surface area contributed by atoms with Crippen LogP contribution < -0.4 is 20.6 Å². The molecule has 8 nitrogen and oxygen atoms in total. The molecule has 0 aliphatic heterocycles. The Morgan fingerprint density at radius 2 is 2.04 bits per heavy atom. The Balaban J connectivity index is 2.05. The second-order valence-electron chi connectivity index (χ2n) is 5.19. The van der Waals surface area contributed by atoms with Gasteiger partial charge < -0.3 is 15.2 Å². The van der Waals surface area contributed by atoms with Crippen LogP contribution in [0.2, 0.25) is 5.02 Å². The maximum atomic E-state index is 11.7. The molecule has 0 saturated heterocycles. The zero-order valence-electron chi connectivity index (χ0n) is 13.5. The second-order valence-corrected chi connectivity index (χ2v) is 5.60. The molecule has 3 rings (SSSR count). The van der Waals surface area contributed by atoms with Crippen molar-refractivity contribution in [3.8, 4) is 17.2 Å². The number of carbonyl (C=O) groups excluding carboxylic acids is 1. The van der Waals surface area contributed by atoms with Crippen LogP contribution in [0.1, 0.15) is 10.4 Å². The van der Waals surface area contributed by atoms with Gasteiger partial charge in [0, 0.05) is 23.7 Å². The number of hydrogen-bond acceptors (Lipinski definition) is 6. The number of fused-ring (bicyclic) bond motifs is 1. The average Bonchev–Trinajstić information content (AvgIpc) is 2.63. The van der Waals surface area contributed by atoms with Crippen molar-refractivity contribution >= 4 is 34.1 Å². The smallest absolute Gasteiger partial charge is 0.252 e. The van der Waals surface area contributed by atoms with E-state index in [2.05, 4.69) is 15.7 Å². The molecule has 132 valence electrons. The third-order valence-electron chi connectivity index (χ3n) is 3.62. The van der Waals surface area contributed by atoms with Crippen molar-refractivity contribution in [2.75, 3.05) is 12.5 Å². The lowest BCUT2D eigenvalue weighted by molar-refractivity contribution is 0.0997. The zero-order chi connectivity index (χ0) is 18.7. The van der Waals surface area contributed by atoms with Crippen LogP contribution in [0.15, 0.2) is 47.9 Å². The highest BCUT2D eigenvalue weighted by Crippen LogP contribution is 2.35. The molecule has 3 N–H and O–H groups in total. The molecule has 26 heavy (non-hydrogen) atoms. The lowest BCUT2D eigenvalue weighted by Gasteiger charge is -2.12. The summed E-state index contributed by atoms with van der Waals surface area (Å²) in [5.74, 6) is 0.578. The fourth-order valence-corrected chi connectivity index (χ4v) is 2.64. The van der Waals surface area contributed by atoms with Crippen molar-refractivity contribution in [1.29, 1.82) is 0 Å². The Hall–Kier alpha value is -3.39. The van der Waals surface area contributed by atoms with E-state index in [1.165, 1.54) is 13.2 Å². The summed E-state index contributed by atoms with van der Waals surface area (Å²) >= 11 is 6.07. The SMILES string of the molecule is COc1cc2nccc(Oc3ccc(NN=O)c(Cl)c3)c2cc1C(N)=O. The normalized spacial score (nSPS) is 10.4. The molecular weight excluding hydrogens is 360 g/mol. The largest absolute Gasteiger partial charge is 0.496 e. The molecule has 1 aromatic heterocycles. The minimum Gasteiger partial charge on any atom is -0.496 e. The minimum absolute atomic E-state index is 0.215. The number of aromatic nitrogens is 1. The van der Waals surface area contributed by atoms with E-state index >= 15 is 0 Å². The van der Waals surface area contributed by atoms with E-state index in [0.29, 0.717) is 33.8 Å². The van der Waals surface area contributed by atoms with Gasteiger partial charge in [-0.3, -0.25) is 9.78 Å². The molecule has 0 spiro atoms. The number of hydrogen-bond donors (Lipinski definition) is 2. The fourth-order valence-electron chi connectivity index (χ4n) is 2.42. The molecule has 1 amide bonds. The number of amides is 1. The van der Waals surface area contributed by atoms with Gasteiger partial charge >= 0.3 is 0 Å². The van der Waals surface area contributed by atoms with Crippen LogP contribution in [-0.4, -0.2) is 18.0 Å². The van der Waals surface area contributed by atoms with Crippen molar-refractivity contribution in [2.24, 2.45) is 11.0 Å². The first kappa shape index (κ1) is 17.4. The molecule has 2 aromatic carbocycles.